The van der Waals surface area contributed by atoms with E-state index in [1.807, 2.05) is 61.5 Å². The first-order valence-electron chi connectivity index (χ1n) is 11.5. The Kier molecular flexibility index (Phi) is 6.09. The predicted molar refractivity (Wildman–Crippen MR) is 138 cm³/mol. The van der Waals surface area contributed by atoms with Gasteiger partial charge in [0.15, 0.2) is 0 Å². The fourth-order valence-corrected chi connectivity index (χ4v) is 4.36. The Balaban J connectivity index is 1.52. The summed E-state index contributed by atoms with van der Waals surface area (Å²) in [7, 11) is 1.53. The van der Waals surface area contributed by atoms with E-state index >= 15 is 0 Å². The summed E-state index contributed by atoms with van der Waals surface area (Å²) >= 11 is 0. The van der Waals surface area contributed by atoms with Gasteiger partial charge < -0.3 is 4.74 Å². The summed E-state index contributed by atoms with van der Waals surface area (Å²) in [5.74, 6) is -0.744. The Morgan fingerprint density at radius 1 is 0.778 bits per heavy atom. The van der Waals surface area contributed by atoms with Crippen molar-refractivity contribution in [2.45, 2.75) is 6.92 Å². The molecule has 0 fully saturated rings. The number of nitrogens with zero attached hydrogens (tertiary/aromatic N) is 2. The molecule has 1 heterocycles. The number of carbonyl (C=O) groups is 3. The van der Waals surface area contributed by atoms with Gasteiger partial charge in [0.05, 0.1) is 23.9 Å². The van der Waals surface area contributed by atoms with Crippen LogP contribution in [0.25, 0.3) is 11.1 Å². The summed E-state index contributed by atoms with van der Waals surface area (Å²) < 4.78 is 5.57. The highest BCUT2D eigenvalue weighted by atomic mass is 16.5. The van der Waals surface area contributed by atoms with Crippen LogP contribution < -0.4 is 9.64 Å². The number of amides is 3. The van der Waals surface area contributed by atoms with Crippen LogP contribution in [0.15, 0.2) is 97.1 Å². The minimum absolute atomic E-state index is 0.245. The molecule has 1 aliphatic heterocycles. The lowest BCUT2D eigenvalue weighted by Crippen LogP contribution is -2.44. The molecule has 6 heteroatoms. The lowest BCUT2D eigenvalue weighted by molar-refractivity contribution is 0.0650. The van der Waals surface area contributed by atoms with Crippen LogP contribution in [0.3, 0.4) is 0 Å². The quantitative estimate of drug-likeness (QED) is 0.341. The largest absolute Gasteiger partial charge is 0.495 e. The number of aryl methyl sites for hydroxylation is 1. The molecule has 0 atom stereocenters. The maximum Gasteiger partial charge on any atom is 0.263 e. The second-order valence-corrected chi connectivity index (χ2v) is 8.58. The Morgan fingerprint density at radius 3 is 1.97 bits per heavy atom. The SMILES string of the molecule is COc1cc(C)ccc1N(CN1C(=O)c2ccccc2C1=O)C(=O)c1ccc(-c2ccccc2)cc1. The van der Waals surface area contributed by atoms with E-state index in [0.717, 1.165) is 21.6 Å². The normalized spacial score (nSPS) is 12.4. The second kappa shape index (κ2) is 9.50. The van der Waals surface area contributed by atoms with Crippen molar-refractivity contribution < 1.29 is 19.1 Å². The molecule has 0 N–H and O–H groups in total. The van der Waals surface area contributed by atoms with E-state index in [1.54, 1.807) is 42.5 Å². The van der Waals surface area contributed by atoms with Gasteiger partial charge in [-0.25, -0.2) is 0 Å². The van der Waals surface area contributed by atoms with Crippen LogP contribution in [0.5, 0.6) is 5.75 Å². The van der Waals surface area contributed by atoms with Crippen molar-refractivity contribution in [1.82, 2.24) is 4.90 Å². The molecule has 4 aromatic carbocycles. The van der Waals surface area contributed by atoms with E-state index in [-0.39, 0.29) is 12.6 Å². The maximum atomic E-state index is 13.8. The van der Waals surface area contributed by atoms with Gasteiger partial charge in [-0.15, -0.1) is 0 Å². The van der Waals surface area contributed by atoms with Crippen molar-refractivity contribution in [2.24, 2.45) is 0 Å². The van der Waals surface area contributed by atoms with Crippen LogP contribution >= 0.6 is 0 Å². The average molecular weight is 477 g/mol. The van der Waals surface area contributed by atoms with Gasteiger partial charge in [-0.2, -0.15) is 0 Å². The molecule has 1 aliphatic rings. The topological polar surface area (TPSA) is 66.9 Å². The van der Waals surface area contributed by atoms with E-state index in [4.69, 9.17) is 4.74 Å². The zero-order chi connectivity index (χ0) is 25.2. The zero-order valence-electron chi connectivity index (χ0n) is 20.0. The van der Waals surface area contributed by atoms with E-state index in [9.17, 15) is 14.4 Å². The Morgan fingerprint density at radius 2 is 1.36 bits per heavy atom. The minimum atomic E-state index is -0.432. The number of imide groups is 1. The molecule has 6 nitrogen and oxygen atoms in total. The lowest BCUT2D eigenvalue weighted by atomic mass is 10.0. The van der Waals surface area contributed by atoms with Crippen molar-refractivity contribution in [3.05, 3.63) is 119 Å². The van der Waals surface area contributed by atoms with Gasteiger partial charge in [-0.3, -0.25) is 24.2 Å². The van der Waals surface area contributed by atoms with Crippen LogP contribution in [0.4, 0.5) is 5.69 Å². The van der Waals surface area contributed by atoms with E-state index in [1.165, 1.54) is 12.0 Å². The van der Waals surface area contributed by atoms with Crippen molar-refractivity contribution in [2.75, 3.05) is 18.7 Å². The highest BCUT2D eigenvalue weighted by Gasteiger charge is 2.37. The number of carbonyl (C=O) groups excluding carboxylic acids is 3. The van der Waals surface area contributed by atoms with E-state index < -0.39 is 11.8 Å². The number of hydrogen-bond donors (Lipinski definition) is 0. The van der Waals surface area contributed by atoms with E-state index in [2.05, 4.69) is 0 Å². The van der Waals surface area contributed by atoms with Crippen molar-refractivity contribution >= 4 is 23.4 Å². The predicted octanol–water partition coefficient (Wildman–Crippen LogP) is 5.57. The molecule has 178 valence electrons. The van der Waals surface area contributed by atoms with Crippen LogP contribution in [0, 0.1) is 6.92 Å². The number of ether oxygens (including phenoxy) is 1. The molecule has 0 unspecified atom stereocenters. The standard InChI is InChI=1S/C30H24N2O4/c1-20-12-17-26(27(18-20)36-2)31(19-32-29(34)24-10-6-7-11-25(24)30(32)35)28(33)23-15-13-22(14-16-23)21-8-4-3-5-9-21/h3-18H,19H2,1-2H3. The number of benzene rings is 4. The van der Waals surface area contributed by atoms with Gasteiger partial charge in [-0.05, 0) is 60.0 Å². The van der Waals surface area contributed by atoms with Gasteiger partial charge in [0.1, 0.15) is 12.4 Å². The molecule has 4 aromatic rings. The van der Waals surface area contributed by atoms with Crippen LogP contribution in [0.1, 0.15) is 36.6 Å². The van der Waals surface area contributed by atoms with Crippen LogP contribution in [-0.4, -0.2) is 36.4 Å². The number of methoxy groups -OCH3 is 1. The molecular formula is C30H24N2O4. The van der Waals surface area contributed by atoms with Gasteiger partial charge in [0.2, 0.25) is 0 Å². The first kappa shape index (κ1) is 23.1. The van der Waals surface area contributed by atoms with Crippen molar-refractivity contribution in [3.63, 3.8) is 0 Å². The summed E-state index contributed by atoms with van der Waals surface area (Å²) in [6.45, 7) is 1.68. The minimum Gasteiger partial charge on any atom is -0.495 e. The van der Waals surface area contributed by atoms with Gasteiger partial charge in [-0.1, -0.05) is 60.7 Å². The van der Waals surface area contributed by atoms with E-state index in [0.29, 0.717) is 28.1 Å². The first-order chi connectivity index (χ1) is 17.5. The molecule has 0 saturated heterocycles. The van der Waals surface area contributed by atoms with Gasteiger partial charge >= 0.3 is 0 Å². The molecule has 0 aromatic heterocycles. The monoisotopic (exact) mass is 476 g/mol. The van der Waals surface area contributed by atoms with Crippen LogP contribution in [0.2, 0.25) is 0 Å². The fraction of sp³-hybridized carbons (Fsp3) is 0.100. The third kappa shape index (κ3) is 4.14. The van der Waals surface area contributed by atoms with Gasteiger partial charge in [0, 0.05) is 5.56 Å². The summed E-state index contributed by atoms with van der Waals surface area (Å²) in [6, 6.07) is 29.3. The Bertz CT molecular complexity index is 1430. The highest BCUT2D eigenvalue weighted by Crippen LogP contribution is 2.32. The zero-order valence-corrected chi connectivity index (χ0v) is 20.0. The summed E-state index contributed by atoms with van der Waals surface area (Å²) in [5, 5.41) is 0. The number of fused-ring (bicyclic) bond motifs is 1. The maximum absolute atomic E-state index is 13.8. The highest BCUT2D eigenvalue weighted by molar-refractivity contribution is 6.22. The number of hydrogen-bond acceptors (Lipinski definition) is 4. The van der Waals surface area contributed by atoms with Gasteiger partial charge in [0.25, 0.3) is 17.7 Å². The van der Waals surface area contributed by atoms with Crippen LogP contribution in [-0.2, 0) is 0 Å². The summed E-state index contributed by atoms with van der Waals surface area (Å²) in [6.07, 6.45) is 0. The number of rotatable bonds is 6. The molecule has 3 amide bonds. The molecule has 0 bridgehead atoms. The molecule has 0 aliphatic carbocycles. The Labute approximate surface area is 209 Å². The molecule has 36 heavy (non-hydrogen) atoms. The average Bonchev–Trinajstić information content (AvgIpc) is 3.16. The fourth-order valence-electron chi connectivity index (χ4n) is 4.36. The molecule has 0 radical (unpaired) electrons. The Hall–Kier alpha value is -4.71. The number of anilines is 1. The second-order valence-electron chi connectivity index (χ2n) is 8.58. The third-order valence-electron chi connectivity index (χ3n) is 6.27. The summed E-state index contributed by atoms with van der Waals surface area (Å²) in [5.41, 5.74) is 4.53. The first-order valence-corrected chi connectivity index (χ1v) is 11.5. The molecule has 5 rings (SSSR count). The van der Waals surface area contributed by atoms with Crippen molar-refractivity contribution in [3.8, 4) is 16.9 Å². The molecular weight excluding hydrogens is 452 g/mol. The smallest absolute Gasteiger partial charge is 0.263 e. The third-order valence-corrected chi connectivity index (χ3v) is 6.27. The summed E-state index contributed by atoms with van der Waals surface area (Å²) in [4.78, 5) is 42.5. The lowest BCUT2D eigenvalue weighted by Gasteiger charge is -2.28. The molecule has 0 saturated carbocycles. The molecule has 0 spiro atoms. The van der Waals surface area contributed by atoms with Crippen molar-refractivity contribution in [1.29, 1.82) is 0 Å².